The fourth-order valence-corrected chi connectivity index (χ4v) is 2.66. The highest BCUT2D eigenvalue weighted by molar-refractivity contribution is 4.80. The van der Waals surface area contributed by atoms with E-state index in [2.05, 4.69) is 13.8 Å². The van der Waals surface area contributed by atoms with Crippen LogP contribution in [0, 0.1) is 17.8 Å². The second-order valence-corrected chi connectivity index (χ2v) is 4.20. The Morgan fingerprint density at radius 1 is 1.18 bits per heavy atom. The van der Waals surface area contributed by atoms with E-state index in [9.17, 15) is 5.11 Å². The molecule has 1 rings (SSSR count). The van der Waals surface area contributed by atoms with E-state index in [-0.39, 0.29) is 6.10 Å². The zero-order valence-corrected chi connectivity index (χ0v) is 7.88. The molecular weight excluding hydrogens is 136 g/mol. The van der Waals surface area contributed by atoms with Gasteiger partial charge in [0.15, 0.2) is 0 Å². The first-order valence-corrected chi connectivity index (χ1v) is 4.81. The van der Waals surface area contributed by atoms with Crippen LogP contribution in [0.2, 0.25) is 0 Å². The first kappa shape index (κ1) is 9.05. The van der Waals surface area contributed by atoms with E-state index in [0.717, 1.165) is 11.8 Å². The van der Waals surface area contributed by atoms with Crippen molar-refractivity contribution in [3.8, 4) is 0 Å². The Morgan fingerprint density at radius 3 is 1.91 bits per heavy atom. The summed E-state index contributed by atoms with van der Waals surface area (Å²) >= 11 is 0. The second-order valence-electron chi connectivity index (χ2n) is 4.20. The molecule has 1 N–H and O–H groups in total. The molecule has 11 heavy (non-hydrogen) atoms. The van der Waals surface area contributed by atoms with Crippen molar-refractivity contribution in [1.29, 1.82) is 0 Å². The lowest BCUT2D eigenvalue weighted by atomic mass is 9.71. The summed E-state index contributed by atoms with van der Waals surface area (Å²) in [6.07, 6.45) is 3.85. The molecule has 0 aromatic rings. The highest BCUT2D eigenvalue weighted by atomic mass is 16.3. The zero-order valence-electron chi connectivity index (χ0n) is 7.88. The SMILES string of the molecule is CC(O)C1C(C)CCCC1C. The van der Waals surface area contributed by atoms with E-state index in [0.29, 0.717) is 5.92 Å². The summed E-state index contributed by atoms with van der Waals surface area (Å²) in [6.45, 7) is 6.48. The standard InChI is InChI=1S/C10H20O/c1-7-5-4-6-8(2)10(7)9(3)11/h7-11H,4-6H2,1-3H3. The smallest absolute Gasteiger partial charge is 0.0545 e. The van der Waals surface area contributed by atoms with Crippen LogP contribution >= 0.6 is 0 Å². The van der Waals surface area contributed by atoms with Crippen molar-refractivity contribution in [1.82, 2.24) is 0 Å². The van der Waals surface area contributed by atoms with E-state index in [1.807, 2.05) is 6.92 Å². The quantitative estimate of drug-likeness (QED) is 0.618. The Balaban J connectivity index is 2.55. The number of rotatable bonds is 1. The predicted octanol–water partition coefficient (Wildman–Crippen LogP) is 2.44. The molecule has 0 saturated heterocycles. The molecule has 1 heteroatoms. The number of aliphatic hydroxyl groups excluding tert-OH is 1. The molecule has 0 aliphatic heterocycles. The molecule has 1 aliphatic carbocycles. The van der Waals surface area contributed by atoms with Gasteiger partial charge in [-0.2, -0.15) is 0 Å². The average Bonchev–Trinajstić information content (AvgIpc) is 1.85. The van der Waals surface area contributed by atoms with E-state index in [4.69, 9.17) is 0 Å². The minimum Gasteiger partial charge on any atom is -0.393 e. The van der Waals surface area contributed by atoms with Crippen LogP contribution in [0.15, 0.2) is 0 Å². The van der Waals surface area contributed by atoms with Crippen LogP contribution in [0.5, 0.6) is 0 Å². The zero-order chi connectivity index (χ0) is 8.43. The highest BCUT2D eigenvalue weighted by Gasteiger charge is 2.30. The molecule has 0 spiro atoms. The molecule has 0 aromatic heterocycles. The molecule has 0 radical (unpaired) electrons. The lowest BCUT2D eigenvalue weighted by Gasteiger charge is -2.36. The summed E-state index contributed by atoms with van der Waals surface area (Å²) in [5.41, 5.74) is 0. The summed E-state index contributed by atoms with van der Waals surface area (Å²) in [6, 6.07) is 0. The first-order valence-electron chi connectivity index (χ1n) is 4.81. The van der Waals surface area contributed by atoms with Gasteiger partial charge in [-0.1, -0.05) is 33.1 Å². The molecule has 1 saturated carbocycles. The fourth-order valence-electron chi connectivity index (χ4n) is 2.66. The van der Waals surface area contributed by atoms with Gasteiger partial charge in [-0.05, 0) is 24.7 Å². The van der Waals surface area contributed by atoms with Crippen molar-refractivity contribution in [2.45, 2.75) is 46.1 Å². The largest absolute Gasteiger partial charge is 0.393 e. The maximum absolute atomic E-state index is 9.52. The van der Waals surface area contributed by atoms with Crippen LogP contribution in [0.1, 0.15) is 40.0 Å². The van der Waals surface area contributed by atoms with E-state index in [1.54, 1.807) is 0 Å². The highest BCUT2D eigenvalue weighted by Crippen LogP contribution is 2.36. The van der Waals surface area contributed by atoms with Crippen LogP contribution in [-0.2, 0) is 0 Å². The molecule has 66 valence electrons. The molecule has 1 nitrogen and oxygen atoms in total. The molecular formula is C10H20O. The normalized spacial score (nSPS) is 42.0. The molecule has 0 heterocycles. The Labute approximate surface area is 69.8 Å². The maximum atomic E-state index is 9.52. The van der Waals surface area contributed by atoms with E-state index < -0.39 is 0 Å². The van der Waals surface area contributed by atoms with Gasteiger partial charge >= 0.3 is 0 Å². The molecule has 1 aliphatic rings. The number of aliphatic hydroxyl groups is 1. The Hall–Kier alpha value is -0.0400. The van der Waals surface area contributed by atoms with Gasteiger partial charge in [0.05, 0.1) is 6.10 Å². The minimum atomic E-state index is -0.111. The van der Waals surface area contributed by atoms with Gasteiger partial charge in [0.25, 0.3) is 0 Å². The topological polar surface area (TPSA) is 20.2 Å². The Kier molecular flexibility index (Phi) is 2.94. The lowest BCUT2D eigenvalue weighted by molar-refractivity contribution is 0.0328. The third-order valence-electron chi connectivity index (χ3n) is 3.19. The van der Waals surface area contributed by atoms with Crippen molar-refractivity contribution >= 4 is 0 Å². The first-order chi connectivity index (χ1) is 5.13. The van der Waals surface area contributed by atoms with Gasteiger partial charge in [0, 0.05) is 0 Å². The summed E-state index contributed by atoms with van der Waals surface area (Å²) < 4.78 is 0. The summed E-state index contributed by atoms with van der Waals surface area (Å²) in [5, 5.41) is 9.52. The van der Waals surface area contributed by atoms with Crippen LogP contribution in [0.25, 0.3) is 0 Å². The third kappa shape index (κ3) is 1.96. The van der Waals surface area contributed by atoms with Crippen molar-refractivity contribution in [2.75, 3.05) is 0 Å². The van der Waals surface area contributed by atoms with Gasteiger partial charge in [0.1, 0.15) is 0 Å². The number of hydrogen-bond acceptors (Lipinski definition) is 1. The maximum Gasteiger partial charge on any atom is 0.0545 e. The minimum absolute atomic E-state index is 0.111. The van der Waals surface area contributed by atoms with E-state index >= 15 is 0 Å². The van der Waals surface area contributed by atoms with Crippen molar-refractivity contribution < 1.29 is 5.11 Å². The van der Waals surface area contributed by atoms with Crippen molar-refractivity contribution in [3.05, 3.63) is 0 Å². The number of hydrogen-bond donors (Lipinski definition) is 1. The molecule has 3 atom stereocenters. The molecule has 1 fully saturated rings. The summed E-state index contributed by atoms with van der Waals surface area (Å²) in [5.74, 6) is 1.99. The van der Waals surface area contributed by atoms with Crippen molar-refractivity contribution in [2.24, 2.45) is 17.8 Å². The van der Waals surface area contributed by atoms with Crippen LogP contribution in [0.4, 0.5) is 0 Å². The average molecular weight is 156 g/mol. The van der Waals surface area contributed by atoms with Gasteiger partial charge in [-0.15, -0.1) is 0 Å². The molecule has 3 unspecified atom stereocenters. The monoisotopic (exact) mass is 156 g/mol. The molecule has 0 bridgehead atoms. The molecule has 0 aromatic carbocycles. The van der Waals surface area contributed by atoms with E-state index in [1.165, 1.54) is 19.3 Å². The van der Waals surface area contributed by atoms with Gasteiger partial charge in [0.2, 0.25) is 0 Å². The molecule has 0 amide bonds. The lowest BCUT2D eigenvalue weighted by Crippen LogP contribution is -2.33. The fraction of sp³-hybridized carbons (Fsp3) is 1.00. The van der Waals surface area contributed by atoms with Crippen LogP contribution < -0.4 is 0 Å². The third-order valence-corrected chi connectivity index (χ3v) is 3.19. The second kappa shape index (κ2) is 3.57. The van der Waals surface area contributed by atoms with Gasteiger partial charge in [-0.3, -0.25) is 0 Å². The van der Waals surface area contributed by atoms with Crippen molar-refractivity contribution in [3.63, 3.8) is 0 Å². The Bertz CT molecular complexity index is 110. The predicted molar refractivity (Wildman–Crippen MR) is 47.3 cm³/mol. The van der Waals surface area contributed by atoms with Gasteiger partial charge in [-0.25, -0.2) is 0 Å². The summed E-state index contributed by atoms with van der Waals surface area (Å²) in [4.78, 5) is 0. The summed E-state index contributed by atoms with van der Waals surface area (Å²) in [7, 11) is 0. The Morgan fingerprint density at radius 2 is 1.64 bits per heavy atom. The van der Waals surface area contributed by atoms with Gasteiger partial charge < -0.3 is 5.11 Å². The van der Waals surface area contributed by atoms with Crippen LogP contribution in [-0.4, -0.2) is 11.2 Å². The van der Waals surface area contributed by atoms with Crippen LogP contribution in [0.3, 0.4) is 0 Å².